The second kappa shape index (κ2) is 5.85. The molecule has 0 bridgehead atoms. The molecule has 0 aliphatic carbocycles. The van der Waals surface area contributed by atoms with Crippen LogP contribution in [0.2, 0.25) is 0 Å². The van der Waals surface area contributed by atoms with E-state index < -0.39 is 0 Å². The number of hydrazine groups is 1. The van der Waals surface area contributed by atoms with Gasteiger partial charge in [0.15, 0.2) is 0 Å². The Bertz CT molecular complexity index is 240. The number of nitrogens with two attached hydrogens (primary N) is 1. The fraction of sp³-hybridized carbons (Fsp3) is 0.714. The quantitative estimate of drug-likeness (QED) is 0.411. The van der Waals surface area contributed by atoms with Gasteiger partial charge in [0, 0.05) is 18.1 Å². The van der Waals surface area contributed by atoms with Crippen LogP contribution in [-0.2, 0) is 11.3 Å². The van der Waals surface area contributed by atoms with Crippen molar-refractivity contribution in [2.24, 2.45) is 5.84 Å². The van der Waals surface area contributed by atoms with Crippen LogP contribution in [0.4, 0.5) is 5.00 Å². The number of hydrogen-bond acceptors (Lipinski definition) is 6. The summed E-state index contributed by atoms with van der Waals surface area (Å²) in [7, 11) is 0. The summed E-state index contributed by atoms with van der Waals surface area (Å²) in [4.78, 5) is 0. The molecular weight excluding hydrogens is 188 g/mol. The molecule has 1 rings (SSSR count). The van der Waals surface area contributed by atoms with E-state index in [0.717, 1.165) is 30.1 Å². The fourth-order valence-electron chi connectivity index (χ4n) is 0.828. The predicted octanol–water partition coefficient (Wildman–Crippen LogP) is 1.14. The van der Waals surface area contributed by atoms with Crippen LogP contribution in [0, 0.1) is 0 Å². The van der Waals surface area contributed by atoms with Gasteiger partial charge in [0.05, 0.1) is 6.61 Å². The molecule has 1 aromatic rings. The van der Waals surface area contributed by atoms with Crippen molar-refractivity contribution >= 4 is 16.5 Å². The van der Waals surface area contributed by atoms with E-state index in [1.54, 1.807) is 0 Å². The molecule has 1 heterocycles. The maximum Gasteiger partial charge on any atom is 0.149 e. The molecule has 0 aliphatic heterocycles. The lowest BCUT2D eigenvalue weighted by Gasteiger charge is -2.01. The summed E-state index contributed by atoms with van der Waals surface area (Å²) in [5.74, 6) is 5.25. The van der Waals surface area contributed by atoms with Gasteiger partial charge in [-0.1, -0.05) is 17.8 Å². The molecular formula is C7H14N4OS. The Kier molecular flexibility index (Phi) is 4.66. The van der Waals surface area contributed by atoms with Gasteiger partial charge >= 0.3 is 0 Å². The van der Waals surface area contributed by atoms with E-state index in [4.69, 9.17) is 10.6 Å². The summed E-state index contributed by atoms with van der Waals surface area (Å²) in [5, 5.41) is 4.66. The minimum Gasteiger partial charge on any atom is -0.375 e. The van der Waals surface area contributed by atoms with E-state index >= 15 is 0 Å². The summed E-state index contributed by atoms with van der Waals surface area (Å²) in [6, 6.07) is 0. The monoisotopic (exact) mass is 202 g/mol. The summed E-state index contributed by atoms with van der Waals surface area (Å²) in [6.07, 6.45) is 2.21. The molecule has 0 fully saturated rings. The molecule has 3 N–H and O–H groups in total. The van der Waals surface area contributed by atoms with Gasteiger partial charge in [-0.15, -0.1) is 5.10 Å². The highest BCUT2D eigenvalue weighted by Crippen LogP contribution is 2.16. The van der Waals surface area contributed by atoms with Gasteiger partial charge in [-0.05, 0) is 6.42 Å². The lowest BCUT2D eigenvalue weighted by Crippen LogP contribution is -2.08. The van der Waals surface area contributed by atoms with E-state index in [2.05, 4.69) is 21.9 Å². The smallest absolute Gasteiger partial charge is 0.149 e. The maximum absolute atomic E-state index is 5.37. The lowest BCUT2D eigenvalue weighted by atomic mass is 10.4. The molecule has 0 aromatic carbocycles. The van der Waals surface area contributed by atoms with Crippen LogP contribution < -0.4 is 11.3 Å². The first-order valence-electron chi connectivity index (χ1n) is 4.24. The first-order valence-corrected chi connectivity index (χ1v) is 5.01. The van der Waals surface area contributed by atoms with Gasteiger partial charge in [-0.2, -0.15) is 0 Å². The average molecular weight is 202 g/mol. The van der Waals surface area contributed by atoms with Crippen molar-refractivity contribution < 1.29 is 4.74 Å². The SMILES string of the molecule is CCCCOCc1nnsc1NN. The van der Waals surface area contributed by atoms with E-state index in [-0.39, 0.29) is 0 Å². The van der Waals surface area contributed by atoms with Crippen molar-refractivity contribution in [1.29, 1.82) is 0 Å². The Hall–Kier alpha value is -0.720. The van der Waals surface area contributed by atoms with Crippen molar-refractivity contribution in [3.63, 3.8) is 0 Å². The van der Waals surface area contributed by atoms with Crippen molar-refractivity contribution in [2.45, 2.75) is 26.4 Å². The molecule has 6 heteroatoms. The number of hydrogen-bond donors (Lipinski definition) is 2. The highest BCUT2D eigenvalue weighted by atomic mass is 32.1. The Balaban J connectivity index is 2.27. The van der Waals surface area contributed by atoms with E-state index in [1.165, 1.54) is 11.5 Å². The Morgan fingerprint density at radius 2 is 2.46 bits per heavy atom. The third-order valence-electron chi connectivity index (χ3n) is 1.57. The van der Waals surface area contributed by atoms with Crippen LogP contribution >= 0.6 is 11.5 Å². The number of rotatable bonds is 6. The molecule has 0 spiro atoms. The van der Waals surface area contributed by atoms with Crippen molar-refractivity contribution in [3.05, 3.63) is 5.69 Å². The summed E-state index contributed by atoms with van der Waals surface area (Å²) < 4.78 is 9.13. The van der Waals surface area contributed by atoms with E-state index in [0.29, 0.717) is 6.61 Å². The van der Waals surface area contributed by atoms with E-state index in [1.807, 2.05) is 0 Å². The largest absolute Gasteiger partial charge is 0.375 e. The van der Waals surface area contributed by atoms with Crippen molar-refractivity contribution in [1.82, 2.24) is 9.59 Å². The average Bonchev–Trinajstić information content (AvgIpc) is 2.60. The second-order valence-electron chi connectivity index (χ2n) is 2.60. The minimum atomic E-state index is 0.482. The van der Waals surface area contributed by atoms with Crippen LogP contribution in [0.3, 0.4) is 0 Å². The molecule has 0 atom stereocenters. The van der Waals surface area contributed by atoms with Gasteiger partial charge < -0.3 is 10.2 Å². The zero-order chi connectivity index (χ0) is 9.52. The van der Waals surface area contributed by atoms with Crippen molar-refractivity contribution in [3.8, 4) is 0 Å². The zero-order valence-electron chi connectivity index (χ0n) is 7.62. The van der Waals surface area contributed by atoms with E-state index in [9.17, 15) is 0 Å². The number of nitrogens with one attached hydrogen (secondary N) is 1. The van der Waals surface area contributed by atoms with Crippen molar-refractivity contribution in [2.75, 3.05) is 12.0 Å². The second-order valence-corrected chi connectivity index (χ2v) is 3.35. The first-order chi connectivity index (χ1) is 6.38. The predicted molar refractivity (Wildman–Crippen MR) is 52.3 cm³/mol. The highest BCUT2D eigenvalue weighted by molar-refractivity contribution is 7.10. The Morgan fingerprint density at radius 3 is 3.15 bits per heavy atom. The van der Waals surface area contributed by atoms with Crippen LogP contribution in [-0.4, -0.2) is 16.2 Å². The third-order valence-corrected chi connectivity index (χ3v) is 2.27. The molecule has 0 saturated carbocycles. The third kappa shape index (κ3) is 3.25. The minimum absolute atomic E-state index is 0.482. The first kappa shape index (κ1) is 10.4. The number of aromatic nitrogens is 2. The molecule has 0 amide bonds. The number of nitrogens with zero attached hydrogens (tertiary/aromatic N) is 2. The summed E-state index contributed by atoms with van der Waals surface area (Å²) in [5.41, 5.74) is 3.31. The van der Waals surface area contributed by atoms with Gasteiger partial charge in [0.2, 0.25) is 0 Å². The molecule has 1 aromatic heterocycles. The highest BCUT2D eigenvalue weighted by Gasteiger charge is 2.05. The molecule has 0 aliphatic rings. The number of nitrogen functional groups attached to an aromatic ring is 1. The van der Waals surface area contributed by atoms with Gasteiger partial charge in [0.25, 0.3) is 0 Å². The molecule has 0 saturated heterocycles. The van der Waals surface area contributed by atoms with Crippen LogP contribution in [0.5, 0.6) is 0 Å². The molecule has 5 nitrogen and oxygen atoms in total. The maximum atomic E-state index is 5.37. The Morgan fingerprint density at radius 1 is 1.62 bits per heavy atom. The van der Waals surface area contributed by atoms with Crippen LogP contribution in [0.25, 0.3) is 0 Å². The van der Waals surface area contributed by atoms with Crippen LogP contribution in [0.1, 0.15) is 25.5 Å². The Labute approximate surface area is 81.4 Å². The fourth-order valence-corrected chi connectivity index (χ4v) is 1.31. The molecule has 13 heavy (non-hydrogen) atoms. The normalized spacial score (nSPS) is 10.3. The summed E-state index contributed by atoms with van der Waals surface area (Å²) in [6.45, 7) is 3.37. The molecule has 74 valence electrons. The van der Waals surface area contributed by atoms with Gasteiger partial charge in [-0.25, -0.2) is 5.84 Å². The summed E-state index contributed by atoms with van der Waals surface area (Å²) >= 11 is 1.24. The molecule has 0 radical (unpaired) electrons. The van der Waals surface area contributed by atoms with Gasteiger partial charge in [-0.3, -0.25) is 0 Å². The van der Waals surface area contributed by atoms with Gasteiger partial charge in [0.1, 0.15) is 10.7 Å². The number of anilines is 1. The zero-order valence-corrected chi connectivity index (χ0v) is 8.43. The standard InChI is InChI=1S/C7H14N4OS/c1-2-3-4-12-5-6-7(9-8)13-11-10-6/h9H,2-5,8H2,1H3. The topological polar surface area (TPSA) is 73.1 Å². The number of unbranched alkanes of at least 4 members (excludes halogenated alkanes) is 1. The van der Waals surface area contributed by atoms with Crippen LogP contribution in [0.15, 0.2) is 0 Å². The molecule has 0 unspecified atom stereocenters. The lowest BCUT2D eigenvalue weighted by molar-refractivity contribution is 0.116. The number of ether oxygens (including phenoxy) is 1.